The molecule has 0 aromatic heterocycles. The van der Waals surface area contributed by atoms with Crippen LogP contribution in [-0.2, 0) is 0 Å². The van der Waals surface area contributed by atoms with Crippen LogP contribution in [0.2, 0.25) is 5.02 Å². The maximum absolute atomic E-state index is 6.12. The Labute approximate surface area is 132 Å². The Balaban J connectivity index is 1.45. The molecular formula is C17H25ClN2O. The van der Waals surface area contributed by atoms with E-state index in [1.165, 1.54) is 45.3 Å². The molecule has 0 radical (unpaired) electrons. The van der Waals surface area contributed by atoms with Gasteiger partial charge < -0.3 is 10.1 Å². The van der Waals surface area contributed by atoms with Gasteiger partial charge in [0.1, 0.15) is 12.4 Å². The van der Waals surface area contributed by atoms with Gasteiger partial charge in [-0.25, -0.2) is 0 Å². The normalized spacial score (nSPS) is 22.5. The number of hydrogen-bond donors (Lipinski definition) is 1. The van der Waals surface area contributed by atoms with Crippen molar-refractivity contribution in [2.24, 2.45) is 5.92 Å². The quantitative estimate of drug-likeness (QED) is 0.837. The van der Waals surface area contributed by atoms with Gasteiger partial charge in [0.15, 0.2) is 0 Å². The van der Waals surface area contributed by atoms with Crippen LogP contribution in [0.25, 0.3) is 0 Å². The summed E-state index contributed by atoms with van der Waals surface area (Å²) in [6.45, 7) is 5.31. The van der Waals surface area contributed by atoms with E-state index in [0.29, 0.717) is 5.02 Å². The van der Waals surface area contributed by atoms with Crippen molar-refractivity contribution in [1.82, 2.24) is 10.2 Å². The third-order valence-electron chi connectivity index (χ3n) is 4.43. The molecule has 21 heavy (non-hydrogen) atoms. The van der Waals surface area contributed by atoms with Gasteiger partial charge in [0.25, 0.3) is 0 Å². The molecule has 0 amide bonds. The van der Waals surface area contributed by atoms with E-state index in [2.05, 4.69) is 10.2 Å². The number of ether oxygens (including phenoxy) is 1. The number of nitrogens with zero attached hydrogens (tertiary/aromatic N) is 1. The lowest BCUT2D eigenvalue weighted by atomic mass is 9.99. The number of piperidine rings is 1. The monoisotopic (exact) mass is 308 g/mol. The van der Waals surface area contributed by atoms with Crippen LogP contribution in [0.3, 0.4) is 0 Å². The van der Waals surface area contributed by atoms with E-state index >= 15 is 0 Å². The average Bonchev–Trinajstić information content (AvgIpc) is 3.34. The second kappa shape index (κ2) is 7.48. The fourth-order valence-electron chi connectivity index (χ4n) is 3.11. The molecule has 1 unspecified atom stereocenters. The van der Waals surface area contributed by atoms with E-state index in [4.69, 9.17) is 16.3 Å². The van der Waals surface area contributed by atoms with Crippen molar-refractivity contribution in [2.45, 2.75) is 31.7 Å². The van der Waals surface area contributed by atoms with E-state index in [-0.39, 0.29) is 0 Å². The van der Waals surface area contributed by atoms with Crippen molar-refractivity contribution in [2.75, 3.05) is 32.8 Å². The summed E-state index contributed by atoms with van der Waals surface area (Å²) in [5.41, 5.74) is 0. The first-order chi connectivity index (χ1) is 10.3. The molecule has 1 N–H and O–H groups in total. The number of para-hydroxylation sites is 1. The fraction of sp³-hybridized carbons (Fsp3) is 0.647. The van der Waals surface area contributed by atoms with Gasteiger partial charge in [-0.1, -0.05) is 23.7 Å². The molecule has 1 aromatic rings. The Morgan fingerprint density at radius 3 is 2.81 bits per heavy atom. The van der Waals surface area contributed by atoms with Gasteiger partial charge in [0.2, 0.25) is 0 Å². The molecule has 1 atom stereocenters. The standard InChI is InChI=1S/C17H25ClN2O/c18-16-5-1-2-6-17(16)21-11-10-20(15-7-8-15)13-14-4-3-9-19-12-14/h1-2,5-6,14-15,19H,3-4,7-13H2. The Hall–Kier alpha value is -0.770. The summed E-state index contributed by atoms with van der Waals surface area (Å²) in [6.07, 6.45) is 5.39. The summed E-state index contributed by atoms with van der Waals surface area (Å²) in [5.74, 6) is 1.61. The molecule has 2 fully saturated rings. The molecule has 116 valence electrons. The lowest BCUT2D eigenvalue weighted by molar-refractivity contribution is 0.166. The second-order valence-corrected chi connectivity index (χ2v) is 6.62. The maximum atomic E-state index is 6.12. The van der Waals surface area contributed by atoms with Crippen LogP contribution in [0.15, 0.2) is 24.3 Å². The molecule has 1 saturated heterocycles. The Kier molecular flexibility index (Phi) is 5.39. The van der Waals surface area contributed by atoms with E-state index in [0.717, 1.165) is 30.9 Å². The Morgan fingerprint density at radius 1 is 1.24 bits per heavy atom. The van der Waals surface area contributed by atoms with Crippen molar-refractivity contribution >= 4 is 11.6 Å². The zero-order valence-electron chi connectivity index (χ0n) is 12.6. The van der Waals surface area contributed by atoms with Gasteiger partial charge in [0, 0.05) is 19.1 Å². The van der Waals surface area contributed by atoms with E-state index < -0.39 is 0 Å². The van der Waals surface area contributed by atoms with Gasteiger partial charge in [0.05, 0.1) is 5.02 Å². The molecule has 0 bridgehead atoms. The van der Waals surface area contributed by atoms with E-state index in [1.807, 2.05) is 24.3 Å². The van der Waals surface area contributed by atoms with Crippen molar-refractivity contribution in [3.8, 4) is 5.75 Å². The lowest BCUT2D eigenvalue weighted by Gasteiger charge is -2.30. The fourth-order valence-corrected chi connectivity index (χ4v) is 3.30. The summed E-state index contributed by atoms with van der Waals surface area (Å²) in [5, 5.41) is 4.21. The summed E-state index contributed by atoms with van der Waals surface area (Å²) < 4.78 is 5.85. The molecule has 1 aliphatic heterocycles. The van der Waals surface area contributed by atoms with Crippen LogP contribution < -0.4 is 10.1 Å². The second-order valence-electron chi connectivity index (χ2n) is 6.22. The summed E-state index contributed by atoms with van der Waals surface area (Å²) in [4.78, 5) is 2.62. The first-order valence-electron chi connectivity index (χ1n) is 8.15. The average molecular weight is 309 g/mol. The highest BCUT2D eigenvalue weighted by molar-refractivity contribution is 6.32. The third-order valence-corrected chi connectivity index (χ3v) is 4.74. The van der Waals surface area contributed by atoms with Crippen molar-refractivity contribution in [3.05, 3.63) is 29.3 Å². The summed E-state index contributed by atoms with van der Waals surface area (Å²) in [7, 11) is 0. The minimum atomic E-state index is 0.701. The zero-order chi connectivity index (χ0) is 14.5. The molecule has 1 aromatic carbocycles. The van der Waals surface area contributed by atoms with Gasteiger partial charge in [-0.2, -0.15) is 0 Å². The van der Waals surface area contributed by atoms with Gasteiger partial charge >= 0.3 is 0 Å². The van der Waals surface area contributed by atoms with Gasteiger partial charge in [-0.3, -0.25) is 4.90 Å². The van der Waals surface area contributed by atoms with Crippen LogP contribution in [0.4, 0.5) is 0 Å². The SMILES string of the molecule is Clc1ccccc1OCCN(CC1CCCNC1)C1CC1. The molecule has 1 aliphatic carbocycles. The predicted molar refractivity (Wildman–Crippen MR) is 87.1 cm³/mol. The van der Waals surface area contributed by atoms with Gasteiger partial charge in [-0.15, -0.1) is 0 Å². The molecule has 1 heterocycles. The van der Waals surface area contributed by atoms with Crippen molar-refractivity contribution < 1.29 is 4.74 Å². The first-order valence-corrected chi connectivity index (χ1v) is 8.53. The largest absolute Gasteiger partial charge is 0.491 e. The zero-order valence-corrected chi connectivity index (χ0v) is 13.3. The molecule has 1 saturated carbocycles. The predicted octanol–water partition coefficient (Wildman–Crippen LogP) is 3.18. The van der Waals surface area contributed by atoms with Crippen LogP contribution in [0, 0.1) is 5.92 Å². The maximum Gasteiger partial charge on any atom is 0.137 e. The van der Waals surface area contributed by atoms with Gasteiger partial charge in [-0.05, 0) is 56.8 Å². The van der Waals surface area contributed by atoms with E-state index in [9.17, 15) is 0 Å². The number of benzene rings is 1. The molecule has 2 aliphatic rings. The van der Waals surface area contributed by atoms with Crippen LogP contribution in [0.1, 0.15) is 25.7 Å². The molecule has 3 rings (SSSR count). The first kappa shape index (κ1) is 15.1. The number of rotatable bonds is 7. The van der Waals surface area contributed by atoms with Crippen LogP contribution in [0.5, 0.6) is 5.75 Å². The summed E-state index contributed by atoms with van der Waals surface area (Å²) in [6, 6.07) is 8.51. The topological polar surface area (TPSA) is 24.5 Å². The lowest BCUT2D eigenvalue weighted by Crippen LogP contribution is -2.40. The van der Waals surface area contributed by atoms with Crippen molar-refractivity contribution in [1.29, 1.82) is 0 Å². The smallest absolute Gasteiger partial charge is 0.137 e. The summed E-state index contributed by atoms with van der Waals surface area (Å²) >= 11 is 6.12. The molecule has 0 spiro atoms. The number of hydrogen-bond acceptors (Lipinski definition) is 3. The molecule has 3 nitrogen and oxygen atoms in total. The highest BCUT2D eigenvalue weighted by Crippen LogP contribution is 2.29. The number of nitrogens with one attached hydrogen (secondary N) is 1. The minimum Gasteiger partial charge on any atom is -0.491 e. The highest BCUT2D eigenvalue weighted by Gasteiger charge is 2.30. The Morgan fingerprint density at radius 2 is 2.10 bits per heavy atom. The minimum absolute atomic E-state index is 0.701. The Bertz CT molecular complexity index is 444. The molecular weight excluding hydrogens is 284 g/mol. The molecule has 4 heteroatoms. The highest BCUT2D eigenvalue weighted by atomic mass is 35.5. The van der Waals surface area contributed by atoms with Crippen LogP contribution in [-0.4, -0.2) is 43.7 Å². The van der Waals surface area contributed by atoms with Crippen molar-refractivity contribution in [3.63, 3.8) is 0 Å². The van der Waals surface area contributed by atoms with Crippen LogP contribution >= 0.6 is 11.6 Å². The van der Waals surface area contributed by atoms with E-state index in [1.54, 1.807) is 0 Å². The number of halogens is 1. The third kappa shape index (κ3) is 4.60.